The van der Waals surface area contributed by atoms with Crippen molar-refractivity contribution in [1.82, 2.24) is 4.90 Å². The molecule has 1 saturated heterocycles. The van der Waals surface area contributed by atoms with E-state index in [1.165, 1.54) is 6.07 Å². The van der Waals surface area contributed by atoms with Crippen LogP contribution >= 0.6 is 11.8 Å². The van der Waals surface area contributed by atoms with E-state index in [1.807, 2.05) is 39.0 Å². The molecule has 0 spiro atoms. The van der Waals surface area contributed by atoms with Crippen molar-refractivity contribution < 1.29 is 19.2 Å². The van der Waals surface area contributed by atoms with Crippen molar-refractivity contribution in [2.24, 2.45) is 10.9 Å². The van der Waals surface area contributed by atoms with Crippen molar-refractivity contribution in [1.29, 1.82) is 0 Å². The van der Waals surface area contributed by atoms with E-state index in [2.05, 4.69) is 10.2 Å². The third-order valence-corrected chi connectivity index (χ3v) is 7.23. The molecule has 0 saturated carbocycles. The second kappa shape index (κ2) is 11.2. The normalized spacial score (nSPS) is 17.3. The number of hydrogen-bond acceptors (Lipinski definition) is 8. The van der Waals surface area contributed by atoms with Gasteiger partial charge in [0.2, 0.25) is 0 Å². The summed E-state index contributed by atoms with van der Waals surface area (Å²) in [4.78, 5) is 43.8. The van der Waals surface area contributed by atoms with Crippen LogP contribution in [0.3, 0.4) is 0 Å². The Hall–Kier alpha value is -3.66. The van der Waals surface area contributed by atoms with Gasteiger partial charge in [0.25, 0.3) is 11.6 Å². The topological polar surface area (TPSA) is 114 Å². The summed E-state index contributed by atoms with van der Waals surface area (Å²) < 4.78 is 5.61. The van der Waals surface area contributed by atoms with Gasteiger partial charge in [-0.05, 0) is 49.9 Å². The third kappa shape index (κ3) is 5.85. The molecule has 2 aromatic carbocycles. The number of rotatable bonds is 7. The van der Waals surface area contributed by atoms with Crippen molar-refractivity contribution in [3.05, 3.63) is 80.5 Å². The summed E-state index contributed by atoms with van der Waals surface area (Å²) in [6.07, 6.45) is 0.955. The minimum atomic E-state index is -0.500. The average Bonchev–Trinajstić information content (AvgIpc) is 2.86. The van der Waals surface area contributed by atoms with E-state index < -0.39 is 22.8 Å². The molecule has 37 heavy (non-hydrogen) atoms. The smallest absolute Gasteiger partial charge is 0.338 e. The van der Waals surface area contributed by atoms with Gasteiger partial charge in [-0.2, -0.15) is 0 Å². The fourth-order valence-corrected chi connectivity index (χ4v) is 5.35. The van der Waals surface area contributed by atoms with Crippen LogP contribution in [0, 0.1) is 23.0 Å². The molecule has 0 bridgehead atoms. The molecule has 0 aromatic heterocycles. The van der Waals surface area contributed by atoms with Gasteiger partial charge in [0.1, 0.15) is 0 Å². The summed E-state index contributed by atoms with van der Waals surface area (Å²) in [6.45, 7) is 8.48. The molecule has 1 atom stereocenters. The fourth-order valence-electron chi connectivity index (χ4n) is 4.33. The molecular weight excluding hydrogens is 492 g/mol. The fraction of sp³-hybridized carbons (Fsp3) is 0.370. The predicted octanol–water partition coefficient (Wildman–Crippen LogP) is 5.48. The second-order valence-electron chi connectivity index (χ2n) is 9.52. The predicted molar refractivity (Wildman–Crippen MR) is 145 cm³/mol. The molecule has 10 heteroatoms. The molecular formula is C27H30N4O5S. The highest BCUT2D eigenvalue weighted by molar-refractivity contribution is 8.13. The number of carbonyl (C=O) groups excluding carboxylic acids is 2. The Morgan fingerprint density at radius 2 is 2.03 bits per heavy atom. The van der Waals surface area contributed by atoms with Gasteiger partial charge in [-0.1, -0.05) is 43.8 Å². The number of nitrogens with zero attached hydrogens (tertiary/aromatic N) is 3. The van der Waals surface area contributed by atoms with Crippen LogP contribution in [0.15, 0.2) is 58.7 Å². The molecule has 2 heterocycles. The first-order valence-electron chi connectivity index (χ1n) is 12.2. The molecule has 1 fully saturated rings. The zero-order valence-electron chi connectivity index (χ0n) is 21.3. The number of esters is 1. The van der Waals surface area contributed by atoms with Gasteiger partial charge in [-0.3, -0.25) is 14.9 Å². The molecule has 2 aliphatic heterocycles. The molecule has 9 nitrogen and oxygen atoms in total. The van der Waals surface area contributed by atoms with E-state index in [4.69, 9.17) is 9.73 Å². The largest absolute Gasteiger partial charge is 0.462 e. The number of fused-ring (bicyclic) bond motifs is 1. The molecule has 4 rings (SSSR count). The molecule has 2 aromatic rings. The maximum Gasteiger partial charge on any atom is 0.338 e. The standard InChI is InChI=1S/C27H30N4O5S/c1-16(2)15-36-26(33)23-18(4)28-27-30(11-6-12-37-27)24(23)19-7-5-8-21(13-19)29-25(32)20-10-9-17(3)22(14-20)31(34)35/h5,7-10,13-14,16,24H,6,11-12,15H2,1-4H3,(H,29,32). The number of allylic oxidation sites excluding steroid dienone is 1. The Balaban J connectivity index is 1.66. The number of nitro groups is 1. The lowest BCUT2D eigenvalue weighted by molar-refractivity contribution is -0.385. The van der Waals surface area contributed by atoms with Crippen LogP contribution in [-0.2, 0) is 9.53 Å². The minimum absolute atomic E-state index is 0.108. The highest BCUT2D eigenvalue weighted by atomic mass is 32.2. The number of aliphatic imine (C=N–C) groups is 1. The molecule has 194 valence electrons. The number of aryl methyl sites for hydroxylation is 1. The average molecular weight is 523 g/mol. The Bertz CT molecular complexity index is 1300. The minimum Gasteiger partial charge on any atom is -0.462 e. The van der Waals surface area contributed by atoms with Crippen LogP contribution in [-0.4, -0.2) is 45.8 Å². The van der Waals surface area contributed by atoms with E-state index in [9.17, 15) is 19.7 Å². The highest BCUT2D eigenvalue weighted by Gasteiger charge is 2.38. The van der Waals surface area contributed by atoms with E-state index in [0.29, 0.717) is 29.1 Å². The Labute approximate surface area is 220 Å². The Morgan fingerprint density at radius 1 is 1.24 bits per heavy atom. The Morgan fingerprint density at radius 3 is 2.76 bits per heavy atom. The first kappa shape index (κ1) is 26.4. The summed E-state index contributed by atoms with van der Waals surface area (Å²) in [5.41, 5.74) is 3.02. The van der Waals surface area contributed by atoms with Crippen LogP contribution < -0.4 is 5.32 Å². The monoisotopic (exact) mass is 522 g/mol. The number of nitro benzene ring substituents is 1. The van der Waals surface area contributed by atoms with Gasteiger partial charge in [0.15, 0.2) is 5.17 Å². The lowest BCUT2D eigenvalue weighted by atomic mass is 9.94. The molecule has 1 N–H and O–H groups in total. The van der Waals surface area contributed by atoms with Gasteiger partial charge in [-0.15, -0.1) is 0 Å². The van der Waals surface area contributed by atoms with Crippen LogP contribution in [0.2, 0.25) is 0 Å². The number of ether oxygens (including phenoxy) is 1. The maximum absolute atomic E-state index is 13.2. The first-order valence-corrected chi connectivity index (χ1v) is 13.2. The Kier molecular flexibility index (Phi) is 7.97. The quantitative estimate of drug-likeness (QED) is 0.291. The summed E-state index contributed by atoms with van der Waals surface area (Å²) in [5, 5.41) is 15.0. The van der Waals surface area contributed by atoms with Gasteiger partial charge in [0, 0.05) is 35.2 Å². The number of carbonyl (C=O) groups is 2. The number of anilines is 1. The van der Waals surface area contributed by atoms with E-state index in [-0.39, 0.29) is 17.2 Å². The van der Waals surface area contributed by atoms with Crippen LogP contribution in [0.4, 0.5) is 11.4 Å². The van der Waals surface area contributed by atoms with Gasteiger partial charge < -0.3 is 15.0 Å². The van der Waals surface area contributed by atoms with Crippen molar-refractivity contribution in [2.45, 2.75) is 40.2 Å². The maximum atomic E-state index is 13.2. The van der Waals surface area contributed by atoms with Crippen LogP contribution in [0.25, 0.3) is 0 Å². The first-order chi connectivity index (χ1) is 17.7. The lowest BCUT2D eigenvalue weighted by Crippen LogP contribution is -2.42. The van der Waals surface area contributed by atoms with E-state index in [1.54, 1.807) is 36.9 Å². The second-order valence-corrected chi connectivity index (χ2v) is 10.6. The number of nitrogens with one attached hydrogen (secondary N) is 1. The summed E-state index contributed by atoms with van der Waals surface area (Å²) in [6, 6.07) is 11.3. The van der Waals surface area contributed by atoms with Crippen molar-refractivity contribution >= 4 is 40.2 Å². The summed E-state index contributed by atoms with van der Waals surface area (Å²) >= 11 is 1.66. The summed E-state index contributed by atoms with van der Waals surface area (Å²) in [7, 11) is 0. The molecule has 1 amide bonds. The summed E-state index contributed by atoms with van der Waals surface area (Å²) in [5.74, 6) is 0.313. The molecule has 0 radical (unpaired) electrons. The van der Waals surface area contributed by atoms with Gasteiger partial charge >= 0.3 is 5.97 Å². The van der Waals surface area contributed by atoms with Crippen molar-refractivity contribution in [3.8, 4) is 0 Å². The zero-order valence-corrected chi connectivity index (χ0v) is 22.1. The zero-order chi connectivity index (χ0) is 26.7. The van der Waals surface area contributed by atoms with Gasteiger partial charge in [-0.25, -0.2) is 9.79 Å². The van der Waals surface area contributed by atoms with Crippen LogP contribution in [0.1, 0.15) is 54.7 Å². The van der Waals surface area contributed by atoms with Crippen LogP contribution in [0.5, 0.6) is 0 Å². The highest BCUT2D eigenvalue weighted by Crippen LogP contribution is 2.40. The molecule has 0 aliphatic carbocycles. The van der Waals surface area contributed by atoms with Crippen molar-refractivity contribution in [2.75, 3.05) is 24.2 Å². The number of amides is 1. The SMILES string of the molecule is CC1=C(C(=O)OCC(C)C)C(c2cccc(NC(=O)c3ccc(C)c([N+](=O)[O-])c3)c2)N2CCCSC2=N1. The third-order valence-electron chi connectivity index (χ3n) is 6.15. The van der Waals surface area contributed by atoms with E-state index in [0.717, 1.165) is 29.4 Å². The molecule has 1 unspecified atom stereocenters. The number of hydrogen-bond donors (Lipinski definition) is 1. The van der Waals surface area contributed by atoms with Crippen molar-refractivity contribution in [3.63, 3.8) is 0 Å². The number of amidine groups is 1. The number of benzene rings is 2. The number of thioether (sulfide) groups is 1. The van der Waals surface area contributed by atoms with E-state index >= 15 is 0 Å². The lowest BCUT2D eigenvalue weighted by Gasteiger charge is -2.40. The van der Waals surface area contributed by atoms with Gasteiger partial charge in [0.05, 0.1) is 28.8 Å². The molecule has 2 aliphatic rings.